The number of nitrogens with two attached hydrogens (primary N) is 1. The van der Waals surface area contributed by atoms with Crippen molar-refractivity contribution in [1.82, 2.24) is 9.97 Å². The van der Waals surface area contributed by atoms with Crippen molar-refractivity contribution in [3.63, 3.8) is 0 Å². The molecule has 0 aliphatic rings. The van der Waals surface area contributed by atoms with Crippen LogP contribution in [-0.4, -0.2) is 23.6 Å². The highest BCUT2D eigenvalue weighted by Gasteiger charge is 2.08. The van der Waals surface area contributed by atoms with Crippen LogP contribution in [0.5, 0.6) is 0 Å². The number of furan rings is 1. The van der Waals surface area contributed by atoms with Gasteiger partial charge in [0, 0.05) is 31.5 Å². The van der Waals surface area contributed by atoms with Crippen molar-refractivity contribution in [2.45, 2.75) is 19.9 Å². The number of nitrogens with zero attached hydrogens (tertiary/aromatic N) is 3. The van der Waals surface area contributed by atoms with Crippen LogP contribution in [0.2, 0.25) is 0 Å². The molecule has 0 aliphatic heterocycles. The summed E-state index contributed by atoms with van der Waals surface area (Å²) in [6.07, 6.45) is 6.16. The van der Waals surface area contributed by atoms with Gasteiger partial charge in [0.2, 0.25) is 5.95 Å². The highest BCUT2D eigenvalue weighted by molar-refractivity contribution is 5.31. The maximum Gasteiger partial charge on any atom is 0.225 e. The van der Waals surface area contributed by atoms with Crippen LogP contribution in [-0.2, 0) is 13.0 Å². The van der Waals surface area contributed by atoms with Crippen molar-refractivity contribution in [3.05, 3.63) is 41.6 Å². The molecule has 2 heterocycles. The Kier molecular flexibility index (Phi) is 3.94. The molecule has 5 nitrogen and oxygen atoms in total. The fraction of sp³-hybridized carbons (Fsp3) is 0.385. The van der Waals surface area contributed by atoms with Crippen LogP contribution < -0.4 is 10.6 Å². The van der Waals surface area contributed by atoms with E-state index in [1.807, 2.05) is 37.3 Å². The van der Waals surface area contributed by atoms with Crippen molar-refractivity contribution in [1.29, 1.82) is 0 Å². The van der Waals surface area contributed by atoms with Crippen LogP contribution in [0.4, 0.5) is 5.95 Å². The third-order valence-corrected chi connectivity index (χ3v) is 2.84. The molecule has 0 unspecified atom stereocenters. The van der Waals surface area contributed by atoms with E-state index in [0.717, 1.165) is 29.9 Å². The lowest BCUT2D eigenvalue weighted by Gasteiger charge is -2.16. The number of rotatable bonds is 5. The summed E-state index contributed by atoms with van der Waals surface area (Å²) in [5.74, 6) is 1.64. The van der Waals surface area contributed by atoms with Gasteiger partial charge >= 0.3 is 0 Å². The molecule has 0 saturated heterocycles. The van der Waals surface area contributed by atoms with Gasteiger partial charge in [0.15, 0.2) is 0 Å². The number of hydrogen-bond donors (Lipinski definition) is 1. The van der Waals surface area contributed by atoms with E-state index in [9.17, 15) is 0 Å². The lowest BCUT2D eigenvalue weighted by Crippen LogP contribution is -2.19. The summed E-state index contributed by atoms with van der Waals surface area (Å²) in [6.45, 7) is 3.31. The topological polar surface area (TPSA) is 68.2 Å². The number of anilines is 1. The first-order valence-electron chi connectivity index (χ1n) is 5.96. The predicted octanol–water partition coefficient (Wildman–Crippen LogP) is 1.52. The van der Waals surface area contributed by atoms with Gasteiger partial charge in [-0.1, -0.05) is 0 Å². The summed E-state index contributed by atoms with van der Waals surface area (Å²) in [5.41, 5.74) is 7.70. The first-order chi connectivity index (χ1) is 8.70. The molecule has 0 fully saturated rings. The zero-order valence-electron chi connectivity index (χ0n) is 10.8. The van der Waals surface area contributed by atoms with Crippen LogP contribution in [0.3, 0.4) is 0 Å². The fourth-order valence-corrected chi connectivity index (χ4v) is 1.74. The maximum atomic E-state index is 5.49. The second-order valence-electron chi connectivity index (χ2n) is 4.29. The van der Waals surface area contributed by atoms with E-state index in [1.165, 1.54) is 0 Å². The van der Waals surface area contributed by atoms with Crippen molar-refractivity contribution in [2.75, 3.05) is 18.5 Å². The molecule has 18 heavy (non-hydrogen) atoms. The largest absolute Gasteiger partial charge is 0.469 e. The normalized spacial score (nSPS) is 10.6. The Hall–Kier alpha value is -1.88. The second kappa shape index (κ2) is 5.64. The molecule has 0 radical (unpaired) electrons. The van der Waals surface area contributed by atoms with E-state index in [0.29, 0.717) is 12.5 Å². The Morgan fingerprint density at radius 3 is 2.61 bits per heavy atom. The standard InChI is InChI=1S/C13H18N4O/c1-10-12(4-6-18-10)9-17(2)13-15-7-11(3-5-14)8-16-13/h4,6-8H,3,5,9,14H2,1-2H3. The minimum Gasteiger partial charge on any atom is -0.469 e. The molecular weight excluding hydrogens is 228 g/mol. The summed E-state index contributed by atoms with van der Waals surface area (Å²) in [4.78, 5) is 10.7. The SMILES string of the molecule is Cc1occc1CN(C)c1ncc(CCN)cn1. The lowest BCUT2D eigenvalue weighted by atomic mass is 10.2. The van der Waals surface area contributed by atoms with E-state index in [4.69, 9.17) is 10.2 Å². The molecule has 0 bridgehead atoms. The molecule has 0 atom stereocenters. The zero-order chi connectivity index (χ0) is 13.0. The Morgan fingerprint density at radius 1 is 1.33 bits per heavy atom. The van der Waals surface area contributed by atoms with Gasteiger partial charge in [-0.05, 0) is 31.5 Å². The zero-order valence-corrected chi connectivity index (χ0v) is 10.8. The molecular formula is C13H18N4O. The summed E-state index contributed by atoms with van der Waals surface area (Å²) in [7, 11) is 1.96. The van der Waals surface area contributed by atoms with Crippen LogP contribution in [0.1, 0.15) is 16.9 Å². The van der Waals surface area contributed by atoms with Gasteiger partial charge in [0.05, 0.1) is 6.26 Å². The molecule has 96 valence electrons. The van der Waals surface area contributed by atoms with Crippen LogP contribution in [0.15, 0.2) is 29.1 Å². The van der Waals surface area contributed by atoms with E-state index < -0.39 is 0 Å². The van der Waals surface area contributed by atoms with Gasteiger partial charge in [-0.25, -0.2) is 9.97 Å². The van der Waals surface area contributed by atoms with E-state index >= 15 is 0 Å². The molecule has 0 aromatic carbocycles. The minimum absolute atomic E-state index is 0.618. The van der Waals surface area contributed by atoms with Crippen molar-refractivity contribution in [3.8, 4) is 0 Å². The van der Waals surface area contributed by atoms with Crippen molar-refractivity contribution < 1.29 is 4.42 Å². The van der Waals surface area contributed by atoms with Crippen molar-refractivity contribution >= 4 is 5.95 Å². The predicted molar refractivity (Wildman–Crippen MR) is 70.3 cm³/mol. The Morgan fingerprint density at radius 2 is 2.06 bits per heavy atom. The van der Waals surface area contributed by atoms with E-state index in [2.05, 4.69) is 9.97 Å². The minimum atomic E-state index is 0.618. The highest BCUT2D eigenvalue weighted by Crippen LogP contribution is 2.14. The molecule has 2 aromatic heterocycles. The lowest BCUT2D eigenvalue weighted by molar-refractivity contribution is 0.529. The quantitative estimate of drug-likeness (QED) is 0.866. The number of hydrogen-bond acceptors (Lipinski definition) is 5. The first-order valence-corrected chi connectivity index (χ1v) is 5.96. The third-order valence-electron chi connectivity index (χ3n) is 2.84. The average molecular weight is 246 g/mol. The second-order valence-corrected chi connectivity index (χ2v) is 4.29. The van der Waals surface area contributed by atoms with E-state index in [1.54, 1.807) is 6.26 Å². The molecule has 2 aromatic rings. The maximum absolute atomic E-state index is 5.49. The smallest absolute Gasteiger partial charge is 0.225 e. The van der Waals surface area contributed by atoms with Crippen LogP contribution >= 0.6 is 0 Å². The molecule has 0 spiro atoms. The third kappa shape index (κ3) is 2.87. The summed E-state index contributed by atoms with van der Waals surface area (Å²) < 4.78 is 5.27. The van der Waals surface area contributed by atoms with Gasteiger partial charge in [0.25, 0.3) is 0 Å². The Balaban J connectivity index is 2.04. The van der Waals surface area contributed by atoms with Gasteiger partial charge in [-0.15, -0.1) is 0 Å². The van der Waals surface area contributed by atoms with E-state index in [-0.39, 0.29) is 0 Å². The van der Waals surface area contributed by atoms with Gasteiger partial charge in [-0.2, -0.15) is 0 Å². The first kappa shape index (κ1) is 12.6. The van der Waals surface area contributed by atoms with Crippen LogP contribution in [0, 0.1) is 6.92 Å². The van der Waals surface area contributed by atoms with Gasteiger partial charge in [0.1, 0.15) is 5.76 Å². The summed E-state index contributed by atoms with van der Waals surface area (Å²) >= 11 is 0. The van der Waals surface area contributed by atoms with Crippen molar-refractivity contribution in [2.24, 2.45) is 5.73 Å². The summed E-state index contributed by atoms with van der Waals surface area (Å²) in [6, 6.07) is 1.97. The molecule has 2 rings (SSSR count). The Bertz CT molecular complexity index is 492. The Labute approximate surface area is 107 Å². The molecule has 0 amide bonds. The number of aryl methyl sites for hydroxylation is 1. The fourth-order valence-electron chi connectivity index (χ4n) is 1.74. The van der Waals surface area contributed by atoms with Gasteiger partial charge in [-0.3, -0.25) is 0 Å². The monoisotopic (exact) mass is 246 g/mol. The molecule has 5 heteroatoms. The van der Waals surface area contributed by atoms with Gasteiger partial charge < -0.3 is 15.1 Å². The number of aromatic nitrogens is 2. The average Bonchev–Trinajstić information content (AvgIpc) is 2.76. The van der Waals surface area contributed by atoms with Crippen LogP contribution in [0.25, 0.3) is 0 Å². The molecule has 0 aliphatic carbocycles. The summed E-state index contributed by atoms with van der Waals surface area (Å²) in [5, 5.41) is 0. The molecule has 2 N–H and O–H groups in total. The highest BCUT2D eigenvalue weighted by atomic mass is 16.3. The molecule has 0 saturated carbocycles.